The van der Waals surface area contributed by atoms with Gasteiger partial charge >= 0.3 is 0 Å². The lowest BCUT2D eigenvalue weighted by Crippen LogP contribution is -2.07. The number of halogens is 1. The summed E-state index contributed by atoms with van der Waals surface area (Å²) < 4.78 is 0. The second kappa shape index (κ2) is 5.14. The molecule has 4 nitrogen and oxygen atoms in total. The summed E-state index contributed by atoms with van der Waals surface area (Å²) >= 11 is 7.50. The molecular formula is C10H11ClN4S. The Balaban J connectivity index is 1.89. The summed E-state index contributed by atoms with van der Waals surface area (Å²) in [6, 6.07) is 5.81. The fraction of sp³-hybridized carbons (Fsp3) is 0.200. The first kappa shape index (κ1) is 11.2. The maximum atomic E-state index is 5.76. The molecule has 2 aromatic heterocycles. The predicted octanol–water partition coefficient (Wildman–Crippen LogP) is 2.43. The van der Waals surface area contributed by atoms with E-state index in [1.54, 1.807) is 17.4 Å². The highest BCUT2D eigenvalue weighted by Gasteiger charge is 2.00. The van der Waals surface area contributed by atoms with E-state index in [4.69, 9.17) is 17.3 Å². The second-order valence-corrected chi connectivity index (χ2v) is 4.61. The summed E-state index contributed by atoms with van der Waals surface area (Å²) in [4.78, 5) is 9.15. The number of hydrogen-bond donors (Lipinski definition) is 2. The molecule has 84 valence electrons. The molecule has 0 saturated heterocycles. The second-order valence-electron chi connectivity index (χ2n) is 3.19. The third-order valence-corrected chi connectivity index (χ3v) is 3.10. The number of nitrogen functional groups attached to an aromatic ring is 1. The normalized spacial score (nSPS) is 10.3. The highest BCUT2D eigenvalue weighted by molar-refractivity contribution is 7.09. The molecule has 2 rings (SSSR count). The lowest BCUT2D eigenvalue weighted by atomic mass is 10.3. The number of nitrogens with zero attached hydrogens (tertiary/aromatic N) is 2. The first-order valence-electron chi connectivity index (χ1n) is 4.80. The minimum atomic E-state index is 0.186. The van der Waals surface area contributed by atoms with Crippen LogP contribution in [0.2, 0.25) is 5.15 Å². The zero-order valence-corrected chi connectivity index (χ0v) is 10.1. The van der Waals surface area contributed by atoms with Crippen LogP contribution in [0.5, 0.6) is 0 Å². The van der Waals surface area contributed by atoms with E-state index in [1.807, 2.05) is 6.07 Å². The van der Waals surface area contributed by atoms with Crippen LogP contribution in [0, 0.1) is 0 Å². The number of nitrogens with two attached hydrogens (primary N) is 1. The Morgan fingerprint density at radius 2 is 2.31 bits per heavy atom. The lowest BCUT2D eigenvalue weighted by Gasteiger charge is -2.05. The third kappa shape index (κ3) is 3.08. The molecule has 6 heteroatoms. The SMILES string of the molecule is Nc1nc(Cl)cc(NCCc2cccs2)n1. The van der Waals surface area contributed by atoms with Crippen molar-refractivity contribution in [3.8, 4) is 0 Å². The van der Waals surface area contributed by atoms with Gasteiger partial charge in [0.2, 0.25) is 5.95 Å². The van der Waals surface area contributed by atoms with Crippen LogP contribution in [0.4, 0.5) is 11.8 Å². The minimum absolute atomic E-state index is 0.186. The van der Waals surface area contributed by atoms with Gasteiger partial charge < -0.3 is 11.1 Å². The van der Waals surface area contributed by atoms with Gasteiger partial charge in [0.05, 0.1) is 0 Å². The number of thiophene rings is 1. The van der Waals surface area contributed by atoms with Crippen LogP contribution in [0.15, 0.2) is 23.6 Å². The van der Waals surface area contributed by atoms with Crippen LogP contribution < -0.4 is 11.1 Å². The van der Waals surface area contributed by atoms with E-state index in [1.165, 1.54) is 4.88 Å². The zero-order valence-electron chi connectivity index (χ0n) is 8.48. The smallest absolute Gasteiger partial charge is 0.223 e. The number of nitrogens with one attached hydrogen (secondary N) is 1. The number of hydrogen-bond acceptors (Lipinski definition) is 5. The van der Waals surface area contributed by atoms with Crippen molar-refractivity contribution in [2.24, 2.45) is 0 Å². The molecule has 0 aliphatic heterocycles. The maximum absolute atomic E-state index is 5.76. The molecule has 0 amide bonds. The van der Waals surface area contributed by atoms with Crippen LogP contribution in [-0.2, 0) is 6.42 Å². The predicted molar refractivity (Wildman–Crippen MR) is 68.0 cm³/mol. The van der Waals surface area contributed by atoms with Gasteiger partial charge in [-0.05, 0) is 17.9 Å². The number of aromatic nitrogens is 2. The minimum Gasteiger partial charge on any atom is -0.369 e. The van der Waals surface area contributed by atoms with Crippen molar-refractivity contribution in [1.82, 2.24) is 9.97 Å². The van der Waals surface area contributed by atoms with Gasteiger partial charge in [-0.25, -0.2) is 4.98 Å². The molecule has 0 atom stereocenters. The van der Waals surface area contributed by atoms with E-state index in [0.717, 1.165) is 13.0 Å². The van der Waals surface area contributed by atoms with E-state index in [-0.39, 0.29) is 5.95 Å². The van der Waals surface area contributed by atoms with Crippen molar-refractivity contribution in [2.75, 3.05) is 17.6 Å². The number of rotatable bonds is 4. The summed E-state index contributed by atoms with van der Waals surface area (Å²) in [5, 5.41) is 5.57. The van der Waals surface area contributed by atoms with Crippen LogP contribution in [0.3, 0.4) is 0 Å². The van der Waals surface area contributed by atoms with Crippen molar-refractivity contribution in [1.29, 1.82) is 0 Å². The highest BCUT2D eigenvalue weighted by Crippen LogP contribution is 2.13. The first-order chi connectivity index (χ1) is 7.74. The van der Waals surface area contributed by atoms with Gasteiger partial charge in [0.25, 0.3) is 0 Å². The Hall–Kier alpha value is -1.33. The third-order valence-electron chi connectivity index (χ3n) is 1.97. The molecule has 0 bridgehead atoms. The molecule has 0 spiro atoms. The Morgan fingerprint density at radius 3 is 3.00 bits per heavy atom. The van der Waals surface area contributed by atoms with Gasteiger partial charge in [-0.15, -0.1) is 11.3 Å². The van der Waals surface area contributed by atoms with Crippen LogP contribution in [-0.4, -0.2) is 16.5 Å². The van der Waals surface area contributed by atoms with E-state index in [0.29, 0.717) is 11.0 Å². The Labute approximate surface area is 102 Å². The fourth-order valence-electron chi connectivity index (χ4n) is 1.29. The molecule has 0 unspecified atom stereocenters. The Bertz CT molecular complexity index is 438. The maximum Gasteiger partial charge on any atom is 0.223 e. The molecule has 0 aliphatic carbocycles. The molecule has 16 heavy (non-hydrogen) atoms. The lowest BCUT2D eigenvalue weighted by molar-refractivity contribution is 1.02. The molecule has 0 fully saturated rings. The monoisotopic (exact) mass is 254 g/mol. The number of anilines is 2. The average molecular weight is 255 g/mol. The summed E-state index contributed by atoms with van der Waals surface area (Å²) in [5.74, 6) is 0.847. The molecule has 3 N–H and O–H groups in total. The molecular weight excluding hydrogens is 244 g/mol. The molecule has 0 aliphatic rings. The van der Waals surface area contributed by atoms with Crippen LogP contribution in [0.25, 0.3) is 0 Å². The van der Waals surface area contributed by atoms with E-state index in [9.17, 15) is 0 Å². The summed E-state index contributed by atoms with van der Waals surface area (Å²) in [7, 11) is 0. The van der Waals surface area contributed by atoms with Gasteiger partial charge in [0.1, 0.15) is 11.0 Å². The van der Waals surface area contributed by atoms with Crippen molar-refractivity contribution in [2.45, 2.75) is 6.42 Å². The van der Waals surface area contributed by atoms with Gasteiger partial charge in [-0.3, -0.25) is 0 Å². The quantitative estimate of drug-likeness (QED) is 0.823. The van der Waals surface area contributed by atoms with Gasteiger partial charge in [-0.1, -0.05) is 17.7 Å². The summed E-state index contributed by atoms with van der Waals surface area (Å²) in [6.07, 6.45) is 0.958. The largest absolute Gasteiger partial charge is 0.369 e. The Kier molecular flexibility index (Phi) is 3.58. The van der Waals surface area contributed by atoms with Crippen LogP contribution >= 0.6 is 22.9 Å². The molecule has 0 aromatic carbocycles. The summed E-state index contributed by atoms with van der Waals surface area (Å²) in [6.45, 7) is 0.799. The molecule has 0 radical (unpaired) electrons. The zero-order chi connectivity index (χ0) is 11.4. The van der Waals surface area contributed by atoms with Gasteiger partial charge in [0.15, 0.2) is 0 Å². The first-order valence-corrected chi connectivity index (χ1v) is 6.06. The van der Waals surface area contributed by atoms with E-state index < -0.39 is 0 Å². The standard InChI is InChI=1S/C10H11ClN4S/c11-8-6-9(15-10(12)14-8)13-4-3-7-2-1-5-16-7/h1-2,5-6H,3-4H2,(H3,12,13,14,15). The van der Waals surface area contributed by atoms with E-state index in [2.05, 4.69) is 26.7 Å². The molecule has 0 saturated carbocycles. The van der Waals surface area contributed by atoms with E-state index >= 15 is 0 Å². The molecule has 2 heterocycles. The highest BCUT2D eigenvalue weighted by atomic mass is 35.5. The van der Waals surface area contributed by atoms with Crippen molar-refractivity contribution >= 4 is 34.7 Å². The molecule has 2 aromatic rings. The van der Waals surface area contributed by atoms with Crippen molar-refractivity contribution in [3.05, 3.63) is 33.6 Å². The van der Waals surface area contributed by atoms with Gasteiger partial charge in [0, 0.05) is 17.5 Å². The van der Waals surface area contributed by atoms with Crippen molar-refractivity contribution in [3.63, 3.8) is 0 Å². The summed E-state index contributed by atoms with van der Waals surface area (Å²) in [5.41, 5.74) is 5.48. The fourth-order valence-corrected chi connectivity index (χ4v) is 2.19. The van der Waals surface area contributed by atoms with Crippen LogP contribution in [0.1, 0.15) is 4.88 Å². The van der Waals surface area contributed by atoms with Gasteiger partial charge in [-0.2, -0.15) is 4.98 Å². The topological polar surface area (TPSA) is 63.8 Å². The average Bonchev–Trinajstić information content (AvgIpc) is 2.69. The van der Waals surface area contributed by atoms with Crippen molar-refractivity contribution < 1.29 is 0 Å². The Morgan fingerprint density at radius 1 is 1.44 bits per heavy atom.